The maximum atomic E-state index is 12.1. The Morgan fingerprint density at radius 1 is 1.29 bits per heavy atom. The first-order valence-corrected chi connectivity index (χ1v) is 9.50. The summed E-state index contributed by atoms with van der Waals surface area (Å²) in [6, 6.07) is 4.99. The summed E-state index contributed by atoms with van der Waals surface area (Å²) in [6.45, 7) is 2.49. The van der Waals surface area contributed by atoms with Crippen molar-refractivity contribution in [2.45, 2.75) is 25.0 Å². The molecule has 1 aromatic rings. The first kappa shape index (κ1) is 17.0. The van der Waals surface area contributed by atoms with Crippen LogP contribution in [0.1, 0.15) is 24.8 Å². The van der Waals surface area contributed by atoms with Crippen molar-refractivity contribution in [2.24, 2.45) is 5.92 Å². The summed E-state index contributed by atoms with van der Waals surface area (Å²) in [5.41, 5.74) is 0.452. The van der Waals surface area contributed by atoms with E-state index in [1.807, 2.05) is 0 Å². The summed E-state index contributed by atoms with van der Waals surface area (Å²) in [4.78, 5) is 0. The smallest absolute Gasteiger partial charge is 0.215 e. The molecule has 7 heteroatoms. The zero-order chi connectivity index (χ0) is 15.3. The molecule has 1 saturated heterocycles. The Bertz CT molecular complexity index is 552. The number of nitrogens with one attached hydrogen (secondary N) is 2. The monoisotopic (exact) mass is 350 g/mol. The van der Waals surface area contributed by atoms with Gasteiger partial charge in [-0.2, -0.15) is 0 Å². The van der Waals surface area contributed by atoms with E-state index in [4.69, 9.17) is 23.2 Å². The Labute approximate surface area is 136 Å². The zero-order valence-corrected chi connectivity index (χ0v) is 14.1. The maximum absolute atomic E-state index is 12.1. The van der Waals surface area contributed by atoms with E-state index in [2.05, 4.69) is 10.0 Å². The maximum Gasteiger partial charge on any atom is 0.215 e. The van der Waals surface area contributed by atoms with Crippen LogP contribution in [-0.4, -0.2) is 28.1 Å². The van der Waals surface area contributed by atoms with E-state index in [-0.39, 0.29) is 5.75 Å². The van der Waals surface area contributed by atoms with E-state index in [1.165, 1.54) is 0 Å². The Hall–Kier alpha value is -0.330. The molecule has 2 N–H and O–H groups in total. The van der Waals surface area contributed by atoms with Gasteiger partial charge in [0.2, 0.25) is 10.0 Å². The van der Waals surface area contributed by atoms with Crippen molar-refractivity contribution in [3.05, 3.63) is 33.8 Å². The highest BCUT2D eigenvalue weighted by molar-refractivity contribution is 7.88. The first-order chi connectivity index (χ1) is 9.98. The second kappa shape index (κ2) is 7.79. The van der Waals surface area contributed by atoms with E-state index >= 15 is 0 Å². The SMILES string of the molecule is O=S(=O)(Cc1c(Cl)cccc1Cl)NCCC1CCCNC1. The van der Waals surface area contributed by atoms with Crippen molar-refractivity contribution in [3.63, 3.8) is 0 Å². The van der Waals surface area contributed by atoms with Crippen LogP contribution in [0.4, 0.5) is 0 Å². The van der Waals surface area contributed by atoms with E-state index in [9.17, 15) is 8.42 Å². The van der Waals surface area contributed by atoms with Gasteiger partial charge in [0.15, 0.2) is 0 Å². The largest absolute Gasteiger partial charge is 0.316 e. The lowest BCUT2D eigenvalue weighted by Gasteiger charge is -2.22. The third-order valence-corrected chi connectivity index (χ3v) is 5.69. The molecule has 0 bridgehead atoms. The summed E-state index contributed by atoms with van der Waals surface area (Å²) in [6.07, 6.45) is 3.17. The average Bonchev–Trinajstić information content (AvgIpc) is 2.44. The minimum atomic E-state index is -3.42. The molecule has 1 aliphatic heterocycles. The molecule has 0 aromatic heterocycles. The minimum absolute atomic E-state index is 0.186. The molecule has 1 aromatic carbocycles. The minimum Gasteiger partial charge on any atom is -0.316 e. The summed E-state index contributed by atoms with van der Waals surface area (Å²) in [5.74, 6) is 0.361. The lowest BCUT2D eigenvalue weighted by molar-refractivity contribution is 0.358. The summed E-state index contributed by atoms with van der Waals surface area (Å²) in [7, 11) is -3.42. The van der Waals surface area contributed by atoms with Gasteiger partial charge in [-0.1, -0.05) is 29.3 Å². The van der Waals surface area contributed by atoms with Crippen molar-refractivity contribution >= 4 is 33.2 Å². The average molecular weight is 351 g/mol. The summed E-state index contributed by atoms with van der Waals surface area (Å²) < 4.78 is 26.8. The van der Waals surface area contributed by atoms with Gasteiger partial charge in [-0.3, -0.25) is 0 Å². The topological polar surface area (TPSA) is 58.2 Å². The molecule has 1 atom stereocenters. The molecule has 4 nitrogen and oxygen atoms in total. The molecule has 1 unspecified atom stereocenters. The fourth-order valence-electron chi connectivity index (χ4n) is 2.50. The van der Waals surface area contributed by atoms with Gasteiger partial charge in [0.05, 0.1) is 5.75 Å². The number of halogens is 2. The fourth-order valence-corrected chi connectivity index (χ4v) is 4.41. The summed E-state index contributed by atoms with van der Waals surface area (Å²) in [5, 5.41) is 4.08. The van der Waals surface area contributed by atoms with Crippen LogP contribution in [0.25, 0.3) is 0 Å². The van der Waals surface area contributed by atoms with Crippen LogP contribution in [0.2, 0.25) is 10.0 Å². The quantitative estimate of drug-likeness (QED) is 0.829. The van der Waals surface area contributed by atoms with Crippen LogP contribution < -0.4 is 10.0 Å². The molecule has 21 heavy (non-hydrogen) atoms. The van der Waals surface area contributed by atoms with Crippen molar-refractivity contribution in [3.8, 4) is 0 Å². The Kier molecular flexibility index (Phi) is 6.32. The van der Waals surface area contributed by atoms with Gasteiger partial charge < -0.3 is 5.32 Å². The predicted molar refractivity (Wildman–Crippen MR) is 87.3 cm³/mol. The van der Waals surface area contributed by atoms with Crippen LogP contribution in [0.3, 0.4) is 0 Å². The lowest BCUT2D eigenvalue weighted by Crippen LogP contribution is -2.33. The van der Waals surface area contributed by atoms with E-state index < -0.39 is 10.0 Å². The zero-order valence-electron chi connectivity index (χ0n) is 11.7. The molecule has 0 aliphatic carbocycles. The van der Waals surface area contributed by atoms with Crippen LogP contribution in [0, 0.1) is 5.92 Å². The van der Waals surface area contributed by atoms with Crippen LogP contribution in [0.15, 0.2) is 18.2 Å². The van der Waals surface area contributed by atoms with Gasteiger partial charge in [0.25, 0.3) is 0 Å². The Morgan fingerprint density at radius 2 is 2.00 bits per heavy atom. The highest BCUT2D eigenvalue weighted by Gasteiger charge is 2.18. The molecule has 0 amide bonds. The number of hydrogen-bond acceptors (Lipinski definition) is 3. The van der Waals surface area contributed by atoms with Crippen LogP contribution in [-0.2, 0) is 15.8 Å². The number of sulfonamides is 1. The van der Waals surface area contributed by atoms with Gasteiger partial charge in [0.1, 0.15) is 0 Å². The number of piperidine rings is 1. The molecular weight excluding hydrogens is 331 g/mol. The van der Waals surface area contributed by atoms with Crippen LogP contribution in [0.5, 0.6) is 0 Å². The Balaban J connectivity index is 1.87. The van der Waals surface area contributed by atoms with Gasteiger partial charge in [-0.15, -0.1) is 0 Å². The molecule has 118 valence electrons. The van der Waals surface area contributed by atoms with Crippen LogP contribution >= 0.6 is 23.2 Å². The highest BCUT2D eigenvalue weighted by atomic mass is 35.5. The van der Waals surface area contributed by atoms with Crippen molar-refractivity contribution in [1.82, 2.24) is 10.0 Å². The predicted octanol–water partition coefficient (Wildman–Crippen LogP) is 2.80. The molecular formula is C14H20Cl2N2O2S. The highest BCUT2D eigenvalue weighted by Crippen LogP contribution is 2.26. The van der Waals surface area contributed by atoms with E-state index in [0.29, 0.717) is 28.1 Å². The Morgan fingerprint density at radius 3 is 2.62 bits per heavy atom. The second-order valence-corrected chi connectivity index (χ2v) is 7.98. The molecule has 1 aliphatic rings. The van der Waals surface area contributed by atoms with Gasteiger partial charge in [0, 0.05) is 22.2 Å². The molecule has 1 heterocycles. The van der Waals surface area contributed by atoms with E-state index in [1.54, 1.807) is 18.2 Å². The first-order valence-electron chi connectivity index (χ1n) is 7.09. The van der Waals surface area contributed by atoms with Crippen molar-refractivity contribution in [1.29, 1.82) is 0 Å². The normalized spacial score (nSPS) is 19.6. The third kappa shape index (κ3) is 5.42. The number of benzene rings is 1. The third-order valence-electron chi connectivity index (χ3n) is 3.67. The van der Waals surface area contributed by atoms with Crippen molar-refractivity contribution < 1.29 is 8.42 Å². The molecule has 0 spiro atoms. The molecule has 0 saturated carbocycles. The molecule has 2 rings (SSSR count). The fraction of sp³-hybridized carbons (Fsp3) is 0.571. The second-order valence-electron chi connectivity index (χ2n) is 5.35. The van der Waals surface area contributed by atoms with Gasteiger partial charge in [-0.05, 0) is 50.4 Å². The number of hydrogen-bond donors (Lipinski definition) is 2. The van der Waals surface area contributed by atoms with Gasteiger partial charge >= 0.3 is 0 Å². The number of rotatable bonds is 6. The van der Waals surface area contributed by atoms with Gasteiger partial charge in [-0.25, -0.2) is 13.1 Å². The summed E-state index contributed by atoms with van der Waals surface area (Å²) >= 11 is 12.0. The molecule has 0 radical (unpaired) electrons. The van der Waals surface area contributed by atoms with Crippen molar-refractivity contribution in [2.75, 3.05) is 19.6 Å². The standard InChI is InChI=1S/C14H20Cl2N2O2S/c15-13-4-1-5-14(16)12(13)10-21(19,20)18-8-6-11-3-2-7-17-9-11/h1,4-5,11,17-18H,2-3,6-10H2. The van der Waals surface area contributed by atoms with E-state index in [0.717, 1.165) is 32.4 Å². The molecule has 1 fully saturated rings. The lowest BCUT2D eigenvalue weighted by atomic mass is 9.96.